The average Bonchev–Trinajstić information content (AvgIpc) is 2.70. The number of benzene rings is 2. The molecule has 2 aromatic rings. The van der Waals surface area contributed by atoms with Crippen LogP contribution in [0.3, 0.4) is 0 Å². The molecule has 2 rings (SSSR count). The fraction of sp³-hybridized carbons (Fsp3) is 0.318. The molecule has 162 valence electrons. The number of thioether (sulfide) groups is 1. The van der Waals surface area contributed by atoms with Crippen molar-refractivity contribution in [3.05, 3.63) is 65.7 Å². The molecule has 2 aromatic carbocycles. The van der Waals surface area contributed by atoms with Crippen molar-refractivity contribution in [2.24, 2.45) is 0 Å². The van der Waals surface area contributed by atoms with E-state index in [1.54, 1.807) is 11.8 Å². The summed E-state index contributed by atoms with van der Waals surface area (Å²) in [5.74, 6) is 1.95. The van der Waals surface area contributed by atoms with Crippen LogP contribution in [0, 0.1) is 6.92 Å². The third-order valence-corrected chi connectivity index (χ3v) is 4.82. The van der Waals surface area contributed by atoms with Gasteiger partial charge in [-0.1, -0.05) is 13.5 Å². The standard InChI is InChI=1S/C21H23F3O2S.CO2/c1-4-11-25-20-10-9-19(12-16(20)3)27-14-15(2)13-26-18-7-5-17(6-8-18)21(22,23)24;2-1-3/h5-10,12H,2,4,11,13-14H2,1,3H3;. The number of rotatable bonds is 9. The highest BCUT2D eigenvalue weighted by atomic mass is 32.2. The van der Waals surface area contributed by atoms with E-state index in [0.29, 0.717) is 18.1 Å². The van der Waals surface area contributed by atoms with Crippen molar-refractivity contribution in [2.45, 2.75) is 31.3 Å². The second-order valence-corrected chi connectivity index (χ2v) is 7.26. The van der Waals surface area contributed by atoms with Crippen LogP contribution in [-0.4, -0.2) is 25.1 Å². The molecule has 0 aliphatic carbocycles. The Morgan fingerprint density at radius 2 is 1.73 bits per heavy atom. The van der Waals surface area contributed by atoms with Gasteiger partial charge in [0, 0.05) is 10.6 Å². The molecule has 0 amide bonds. The summed E-state index contributed by atoms with van der Waals surface area (Å²) in [5, 5.41) is 0. The lowest BCUT2D eigenvalue weighted by Crippen LogP contribution is -2.05. The predicted molar refractivity (Wildman–Crippen MR) is 109 cm³/mol. The highest BCUT2D eigenvalue weighted by molar-refractivity contribution is 7.99. The van der Waals surface area contributed by atoms with Gasteiger partial charge in [-0.3, -0.25) is 0 Å². The molecule has 30 heavy (non-hydrogen) atoms. The van der Waals surface area contributed by atoms with Crippen molar-refractivity contribution >= 4 is 17.9 Å². The topological polar surface area (TPSA) is 52.6 Å². The highest BCUT2D eigenvalue weighted by Gasteiger charge is 2.30. The van der Waals surface area contributed by atoms with Crippen molar-refractivity contribution in [3.8, 4) is 11.5 Å². The maximum absolute atomic E-state index is 12.5. The van der Waals surface area contributed by atoms with Crippen LogP contribution >= 0.6 is 11.8 Å². The van der Waals surface area contributed by atoms with Crippen LogP contribution in [0.4, 0.5) is 13.2 Å². The van der Waals surface area contributed by atoms with Crippen molar-refractivity contribution in [1.82, 2.24) is 0 Å². The van der Waals surface area contributed by atoms with Gasteiger partial charge in [-0.05, 0) is 66.9 Å². The SMILES string of the molecule is C=C(COc1ccc(C(F)(F)F)cc1)CSc1ccc(OCCC)c(C)c1.O=C=O. The Balaban J connectivity index is 0.00000141. The first-order valence-electron chi connectivity index (χ1n) is 9.03. The molecule has 0 unspecified atom stereocenters. The van der Waals surface area contributed by atoms with Gasteiger partial charge >= 0.3 is 12.3 Å². The number of alkyl halides is 3. The first kappa shape index (κ1) is 25.3. The number of aryl methyl sites for hydroxylation is 1. The molecule has 0 atom stereocenters. The Morgan fingerprint density at radius 3 is 2.27 bits per heavy atom. The van der Waals surface area contributed by atoms with Crippen molar-refractivity contribution in [2.75, 3.05) is 19.0 Å². The zero-order valence-electron chi connectivity index (χ0n) is 16.8. The highest BCUT2D eigenvalue weighted by Crippen LogP contribution is 2.30. The lowest BCUT2D eigenvalue weighted by atomic mass is 10.2. The molecule has 4 nitrogen and oxygen atoms in total. The first-order chi connectivity index (χ1) is 14.2. The molecule has 8 heteroatoms. The van der Waals surface area contributed by atoms with Gasteiger partial charge in [0.1, 0.15) is 18.1 Å². The third kappa shape index (κ3) is 9.20. The smallest absolute Gasteiger partial charge is 0.416 e. The summed E-state index contributed by atoms with van der Waals surface area (Å²) in [4.78, 5) is 17.4. The fourth-order valence-corrected chi connectivity index (χ4v) is 3.12. The van der Waals surface area contributed by atoms with Gasteiger partial charge in [-0.2, -0.15) is 22.8 Å². The van der Waals surface area contributed by atoms with Crippen LogP contribution in [0.2, 0.25) is 0 Å². The number of hydrogen-bond donors (Lipinski definition) is 0. The molecular formula is C22H23F3O4S. The second kappa shape index (κ2) is 12.8. The molecule has 0 aliphatic heterocycles. The lowest BCUT2D eigenvalue weighted by Gasteiger charge is -2.12. The van der Waals surface area contributed by atoms with Crippen molar-refractivity contribution in [1.29, 1.82) is 0 Å². The van der Waals surface area contributed by atoms with E-state index in [1.165, 1.54) is 12.1 Å². The Kier molecular flexibility index (Phi) is 10.8. The summed E-state index contributed by atoms with van der Waals surface area (Å²) in [5.41, 5.74) is 1.25. The molecule has 0 aromatic heterocycles. The monoisotopic (exact) mass is 440 g/mol. The summed E-state index contributed by atoms with van der Waals surface area (Å²) >= 11 is 1.63. The van der Waals surface area contributed by atoms with Crippen LogP contribution in [0.5, 0.6) is 11.5 Å². The second-order valence-electron chi connectivity index (χ2n) is 6.21. The van der Waals surface area contributed by atoms with Crippen LogP contribution in [0.25, 0.3) is 0 Å². The van der Waals surface area contributed by atoms with E-state index < -0.39 is 11.7 Å². The minimum atomic E-state index is -4.34. The van der Waals surface area contributed by atoms with E-state index in [4.69, 9.17) is 19.1 Å². The van der Waals surface area contributed by atoms with Gasteiger partial charge in [0.25, 0.3) is 0 Å². The molecule has 0 heterocycles. The summed E-state index contributed by atoms with van der Waals surface area (Å²) < 4.78 is 48.8. The lowest BCUT2D eigenvalue weighted by molar-refractivity contribution is -0.191. The quantitative estimate of drug-likeness (QED) is 0.356. The number of carbonyl (C=O) groups excluding carboxylic acids is 2. The summed E-state index contributed by atoms with van der Waals surface area (Å²) in [7, 11) is 0. The van der Waals surface area contributed by atoms with Gasteiger partial charge in [0.05, 0.1) is 12.2 Å². The normalized spacial score (nSPS) is 10.4. The van der Waals surface area contributed by atoms with Gasteiger partial charge in [-0.25, -0.2) is 0 Å². The van der Waals surface area contributed by atoms with E-state index in [0.717, 1.165) is 40.3 Å². The molecule has 0 bridgehead atoms. The van der Waals surface area contributed by atoms with E-state index in [1.807, 2.05) is 19.1 Å². The molecule has 0 spiro atoms. The van der Waals surface area contributed by atoms with E-state index in [-0.39, 0.29) is 12.8 Å². The minimum absolute atomic E-state index is 0.250. The average molecular weight is 440 g/mol. The van der Waals surface area contributed by atoms with Crippen LogP contribution < -0.4 is 9.47 Å². The summed E-state index contributed by atoms with van der Waals surface area (Å²) in [6.07, 6.45) is -3.12. The Labute approximate surface area is 178 Å². The Hall–Kier alpha value is -2.70. The number of hydrogen-bond acceptors (Lipinski definition) is 5. The summed E-state index contributed by atoms with van der Waals surface area (Å²) in [6.45, 7) is 9.01. The fourth-order valence-electron chi connectivity index (χ4n) is 2.24. The zero-order chi connectivity index (χ0) is 22.6. The molecule has 0 saturated heterocycles. The first-order valence-corrected chi connectivity index (χ1v) is 10.0. The van der Waals surface area contributed by atoms with Gasteiger partial charge < -0.3 is 9.47 Å². The van der Waals surface area contributed by atoms with Crippen molar-refractivity contribution < 1.29 is 32.2 Å². The van der Waals surface area contributed by atoms with Gasteiger partial charge in [0.15, 0.2) is 0 Å². The summed E-state index contributed by atoms with van der Waals surface area (Å²) in [6, 6.07) is 10.7. The molecular weight excluding hydrogens is 417 g/mol. The molecule has 0 fully saturated rings. The van der Waals surface area contributed by atoms with E-state index in [9.17, 15) is 13.2 Å². The molecule has 0 radical (unpaired) electrons. The Morgan fingerprint density at radius 1 is 1.10 bits per heavy atom. The number of ether oxygens (including phenoxy) is 2. The molecule has 0 N–H and O–H groups in total. The van der Waals surface area contributed by atoms with Crippen molar-refractivity contribution in [3.63, 3.8) is 0 Å². The predicted octanol–water partition coefficient (Wildman–Crippen LogP) is 5.95. The van der Waals surface area contributed by atoms with E-state index in [2.05, 4.69) is 19.6 Å². The number of halogens is 3. The van der Waals surface area contributed by atoms with Crippen LogP contribution in [0.1, 0.15) is 24.5 Å². The maximum Gasteiger partial charge on any atom is 0.416 e. The molecule has 0 saturated carbocycles. The van der Waals surface area contributed by atoms with Gasteiger partial charge in [0.2, 0.25) is 0 Å². The van der Waals surface area contributed by atoms with Crippen LogP contribution in [-0.2, 0) is 15.8 Å². The third-order valence-electron chi connectivity index (χ3n) is 3.68. The zero-order valence-corrected chi connectivity index (χ0v) is 17.6. The molecule has 0 aliphatic rings. The Bertz CT molecular complexity index is 842. The maximum atomic E-state index is 12.5. The van der Waals surface area contributed by atoms with E-state index >= 15 is 0 Å². The minimum Gasteiger partial charge on any atom is -0.493 e. The van der Waals surface area contributed by atoms with Gasteiger partial charge in [-0.15, -0.1) is 11.8 Å². The van der Waals surface area contributed by atoms with Crippen LogP contribution in [0.15, 0.2) is 59.5 Å². The largest absolute Gasteiger partial charge is 0.493 e.